The summed E-state index contributed by atoms with van der Waals surface area (Å²) >= 11 is 0. The van der Waals surface area contributed by atoms with Crippen LogP contribution in [0.1, 0.15) is 32.2 Å². The maximum atomic E-state index is 4.70. The smallest absolute Gasteiger partial charge is 0.191 e. The number of hydrogen-bond donors (Lipinski definition) is 2. The number of guanidine groups is 1. The second kappa shape index (κ2) is 11.5. The van der Waals surface area contributed by atoms with E-state index in [1.807, 2.05) is 6.20 Å². The van der Waals surface area contributed by atoms with Crippen molar-refractivity contribution in [2.45, 2.75) is 40.3 Å². The van der Waals surface area contributed by atoms with Crippen molar-refractivity contribution >= 4 is 11.8 Å². The minimum Gasteiger partial charge on any atom is -0.357 e. The first-order chi connectivity index (χ1) is 14.7. The van der Waals surface area contributed by atoms with Crippen LogP contribution in [-0.2, 0) is 19.5 Å². The highest BCUT2D eigenvalue weighted by atomic mass is 15.3. The van der Waals surface area contributed by atoms with Crippen LogP contribution < -0.4 is 15.5 Å². The molecule has 9 heteroatoms. The molecule has 2 N–H and O–H groups in total. The summed E-state index contributed by atoms with van der Waals surface area (Å²) in [5, 5.41) is 14.8. The van der Waals surface area contributed by atoms with Crippen molar-refractivity contribution in [1.29, 1.82) is 0 Å². The summed E-state index contributed by atoms with van der Waals surface area (Å²) in [7, 11) is 0. The third-order valence-corrected chi connectivity index (χ3v) is 5.37. The molecule has 0 saturated carbocycles. The van der Waals surface area contributed by atoms with Gasteiger partial charge in [-0.3, -0.25) is 0 Å². The lowest BCUT2D eigenvalue weighted by atomic mass is 10.2. The van der Waals surface area contributed by atoms with Crippen molar-refractivity contribution in [3.63, 3.8) is 0 Å². The quantitative estimate of drug-likeness (QED) is 0.471. The molecule has 1 fully saturated rings. The van der Waals surface area contributed by atoms with E-state index >= 15 is 0 Å². The Labute approximate surface area is 179 Å². The molecule has 0 spiro atoms. The van der Waals surface area contributed by atoms with Crippen molar-refractivity contribution in [3.05, 3.63) is 36.0 Å². The molecule has 0 aromatic carbocycles. The van der Waals surface area contributed by atoms with E-state index in [9.17, 15) is 0 Å². The fourth-order valence-electron chi connectivity index (χ4n) is 3.54. The molecule has 164 valence electrons. The van der Waals surface area contributed by atoms with Crippen LogP contribution in [0.5, 0.6) is 0 Å². The van der Waals surface area contributed by atoms with Crippen LogP contribution in [0.3, 0.4) is 0 Å². The zero-order valence-electron chi connectivity index (χ0n) is 18.5. The molecular formula is C21H35N9. The lowest BCUT2D eigenvalue weighted by Gasteiger charge is -2.34. The molecule has 0 unspecified atom stereocenters. The van der Waals surface area contributed by atoms with Crippen molar-refractivity contribution in [1.82, 2.24) is 35.3 Å². The van der Waals surface area contributed by atoms with Crippen molar-refractivity contribution in [2.24, 2.45) is 4.99 Å². The number of anilines is 1. The first-order valence-electron chi connectivity index (χ1n) is 11.0. The molecule has 3 rings (SSSR count). The van der Waals surface area contributed by atoms with Gasteiger partial charge in [-0.1, -0.05) is 19.9 Å². The highest BCUT2D eigenvalue weighted by molar-refractivity contribution is 5.79. The van der Waals surface area contributed by atoms with Gasteiger partial charge in [0.2, 0.25) is 0 Å². The van der Waals surface area contributed by atoms with Gasteiger partial charge < -0.3 is 25.0 Å². The van der Waals surface area contributed by atoms with Gasteiger partial charge in [-0.15, -0.1) is 10.2 Å². The molecule has 0 amide bonds. The Morgan fingerprint density at radius 2 is 1.93 bits per heavy atom. The number of pyridine rings is 1. The Bertz CT molecular complexity index is 776. The lowest BCUT2D eigenvalue weighted by molar-refractivity contribution is 0.270. The minimum absolute atomic E-state index is 0.596. The maximum absolute atomic E-state index is 4.70. The number of likely N-dealkylation sites (N-methyl/N-ethyl adjacent to an activating group) is 1. The van der Waals surface area contributed by atoms with Crippen molar-refractivity contribution < 1.29 is 0 Å². The van der Waals surface area contributed by atoms with E-state index in [1.165, 1.54) is 0 Å². The largest absolute Gasteiger partial charge is 0.357 e. The number of hydrogen-bond acceptors (Lipinski definition) is 6. The number of aromatic nitrogens is 4. The van der Waals surface area contributed by atoms with Gasteiger partial charge in [-0.25, -0.2) is 9.98 Å². The van der Waals surface area contributed by atoms with E-state index in [0.29, 0.717) is 6.54 Å². The number of aryl methyl sites for hydroxylation is 1. The van der Waals surface area contributed by atoms with Gasteiger partial charge in [-0.05, 0) is 25.1 Å². The van der Waals surface area contributed by atoms with E-state index < -0.39 is 0 Å². The average Bonchev–Trinajstić information content (AvgIpc) is 3.25. The SMILES string of the molecule is CCNC(=NCc1ccc(N2CCN(CC)CC2)nc1)NCCn1cnnc1CC. The van der Waals surface area contributed by atoms with Crippen LogP contribution in [-0.4, -0.2) is 76.4 Å². The first kappa shape index (κ1) is 22.0. The molecular weight excluding hydrogens is 378 g/mol. The topological polar surface area (TPSA) is 86.5 Å². The molecule has 2 aromatic rings. The highest BCUT2D eigenvalue weighted by Gasteiger charge is 2.16. The van der Waals surface area contributed by atoms with Gasteiger partial charge in [0, 0.05) is 58.4 Å². The maximum Gasteiger partial charge on any atom is 0.191 e. The Kier molecular flexibility index (Phi) is 8.43. The summed E-state index contributed by atoms with van der Waals surface area (Å²) < 4.78 is 2.07. The van der Waals surface area contributed by atoms with E-state index in [-0.39, 0.29) is 0 Å². The summed E-state index contributed by atoms with van der Waals surface area (Å²) in [5.41, 5.74) is 1.11. The Morgan fingerprint density at radius 3 is 2.60 bits per heavy atom. The molecule has 2 aromatic heterocycles. The van der Waals surface area contributed by atoms with Crippen LogP contribution >= 0.6 is 0 Å². The normalized spacial score (nSPS) is 15.4. The molecule has 1 aliphatic heterocycles. The van der Waals surface area contributed by atoms with Crippen LogP contribution in [0, 0.1) is 0 Å². The van der Waals surface area contributed by atoms with Gasteiger partial charge in [0.1, 0.15) is 18.0 Å². The third kappa shape index (κ3) is 6.16. The molecule has 9 nitrogen and oxygen atoms in total. The van der Waals surface area contributed by atoms with Gasteiger partial charge in [0.05, 0.1) is 6.54 Å². The molecule has 1 aliphatic rings. The molecule has 0 bridgehead atoms. The number of piperazine rings is 1. The standard InChI is InChI=1S/C21H35N9/c1-4-19-27-26-17-30(19)10-9-23-21(22-5-2)25-16-18-7-8-20(24-15-18)29-13-11-28(6-3)12-14-29/h7-8,15,17H,4-6,9-14,16H2,1-3H3,(H2,22,23,25). The summed E-state index contributed by atoms with van der Waals surface area (Å²) in [6, 6.07) is 4.25. The van der Waals surface area contributed by atoms with Crippen molar-refractivity contribution in [2.75, 3.05) is 50.7 Å². The van der Waals surface area contributed by atoms with Gasteiger partial charge in [0.15, 0.2) is 5.96 Å². The predicted octanol–water partition coefficient (Wildman–Crippen LogP) is 1.13. The number of aliphatic imine (C=N–C) groups is 1. The van der Waals surface area contributed by atoms with E-state index in [2.05, 4.69) is 73.1 Å². The van der Waals surface area contributed by atoms with E-state index in [4.69, 9.17) is 4.99 Å². The van der Waals surface area contributed by atoms with E-state index in [1.54, 1.807) is 6.33 Å². The summed E-state index contributed by atoms with van der Waals surface area (Å²) in [6.07, 6.45) is 4.60. The third-order valence-electron chi connectivity index (χ3n) is 5.37. The van der Waals surface area contributed by atoms with Crippen LogP contribution in [0.4, 0.5) is 5.82 Å². The fraction of sp³-hybridized carbons (Fsp3) is 0.619. The number of nitrogens with zero attached hydrogens (tertiary/aromatic N) is 7. The predicted molar refractivity (Wildman–Crippen MR) is 121 cm³/mol. The van der Waals surface area contributed by atoms with Crippen molar-refractivity contribution in [3.8, 4) is 0 Å². The molecule has 0 atom stereocenters. The van der Waals surface area contributed by atoms with Gasteiger partial charge in [-0.2, -0.15) is 0 Å². The Morgan fingerprint density at radius 1 is 1.10 bits per heavy atom. The first-order valence-corrected chi connectivity index (χ1v) is 11.0. The monoisotopic (exact) mass is 413 g/mol. The molecule has 30 heavy (non-hydrogen) atoms. The van der Waals surface area contributed by atoms with Gasteiger partial charge in [0.25, 0.3) is 0 Å². The second-order valence-electron chi connectivity index (χ2n) is 7.36. The average molecular weight is 414 g/mol. The minimum atomic E-state index is 0.596. The van der Waals surface area contributed by atoms with Crippen LogP contribution in [0.2, 0.25) is 0 Å². The number of rotatable bonds is 9. The Balaban J connectivity index is 1.50. The number of nitrogens with one attached hydrogen (secondary N) is 2. The summed E-state index contributed by atoms with van der Waals surface area (Å²) in [5.74, 6) is 2.87. The van der Waals surface area contributed by atoms with E-state index in [0.717, 1.165) is 81.9 Å². The fourth-order valence-corrected chi connectivity index (χ4v) is 3.54. The Hall–Kier alpha value is -2.68. The summed E-state index contributed by atoms with van der Waals surface area (Å²) in [6.45, 7) is 14.8. The lowest BCUT2D eigenvalue weighted by Crippen LogP contribution is -2.46. The van der Waals surface area contributed by atoms with Crippen LogP contribution in [0.25, 0.3) is 0 Å². The molecule has 1 saturated heterocycles. The second-order valence-corrected chi connectivity index (χ2v) is 7.36. The summed E-state index contributed by atoms with van der Waals surface area (Å²) in [4.78, 5) is 14.2. The van der Waals surface area contributed by atoms with Crippen LogP contribution in [0.15, 0.2) is 29.6 Å². The molecule has 0 radical (unpaired) electrons. The molecule has 0 aliphatic carbocycles. The zero-order chi connectivity index (χ0) is 21.2. The zero-order valence-corrected chi connectivity index (χ0v) is 18.5. The van der Waals surface area contributed by atoms with Gasteiger partial charge >= 0.3 is 0 Å². The molecule has 3 heterocycles. The highest BCUT2D eigenvalue weighted by Crippen LogP contribution is 2.14.